The SMILES string of the molecule is COc1cccc(CN(C(=O)COc2ccc3ccccc3c2Br)C(C)C(=O)NC(C)(C)C)c1. The average Bonchev–Trinajstić information content (AvgIpc) is 2.80. The van der Waals surface area contributed by atoms with Crippen molar-refractivity contribution in [3.05, 3.63) is 70.7 Å². The van der Waals surface area contributed by atoms with Crippen molar-refractivity contribution >= 4 is 38.5 Å². The Morgan fingerprint density at radius 2 is 1.79 bits per heavy atom. The molecule has 0 aliphatic carbocycles. The van der Waals surface area contributed by atoms with Crippen molar-refractivity contribution in [2.24, 2.45) is 0 Å². The smallest absolute Gasteiger partial charge is 0.261 e. The molecule has 0 heterocycles. The topological polar surface area (TPSA) is 67.9 Å². The molecule has 1 N–H and O–H groups in total. The van der Waals surface area contributed by atoms with Crippen LogP contribution in [0, 0.1) is 0 Å². The summed E-state index contributed by atoms with van der Waals surface area (Å²) in [6, 6.07) is 18.5. The van der Waals surface area contributed by atoms with Crippen molar-refractivity contribution in [3.63, 3.8) is 0 Å². The number of halogens is 1. The Balaban J connectivity index is 1.82. The number of carbonyl (C=O) groups excluding carboxylic acids is 2. The third-order valence-electron chi connectivity index (χ3n) is 5.33. The molecule has 2 amide bonds. The summed E-state index contributed by atoms with van der Waals surface area (Å²) >= 11 is 3.60. The molecular formula is C27H31BrN2O4. The summed E-state index contributed by atoms with van der Waals surface area (Å²) in [6.45, 7) is 7.50. The lowest BCUT2D eigenvalue weighted by atomic mass is 10.1. The van der Waals surface area contributed by atoms with Crippen molar-refractivity contribution in [3.8, 4) is 11.5 Å². The van der Waals surface area contributed by atoms with Gasteiger partial charge in [0.25, 0.3) is 5.91 Å². The number of benzene rings is 3. The molecule has 180 valence electrons. The summed E-state index contributed by atoms with van der Waals surface area (Å²) in [5.41, 5.74) is 0.442. The predicted octanol–water partition coefficient (Wildman–Crippen LogP) is 5.32. The zero-order chi connectivity index (χ0) is 24.9. The Hall–Kier alpha value is -3.06. The van der Waals surface area contributed by atoms with E-state index in [-0.39, 0.29) is 25.0 Å². The van der Waals surface area contributed by atoms with Crippen LogP contribution in [0.3, 0.4) is 0 Å². The zero-order valence-corrected chi connectivity index (χ0v) is 21.8. The van der Waals surface area contributed by atoms with E-state index < -0.39 is 11.6 Å². The summed E-state index contributed by atoms with van der Waals surface area (Å²) in [6.07, 6.45) is 0. The van der Waals surface area contributed by atoms with E-state index in [1.165, 1.54) is 4.90 Å². The van der Waals surface area contributed by atoms with Crippen LogP contribution in [-0.2, 0) is 16.1 Å². The van der Waals surface area contributed by atoms with Crippen molar-refractivity contribution in [1.29, 1.82) is 0 Å². The molecule has 0 saturated carbocycles. The number of fused-ring (bicyclic) bond motifs is 1. The number of nitrogens with zero attached hydrogens (tertiary/aromatic N) is 1. The van der Waals surface area contributed by atoms with Gasteiger partial charge in [0.2, 0.25) is 5.91 Å². The highest BCUT2D eigenvalue weighted by molar-refractivity contribution is 9.10. The molecule has 0 aromatic heterocycles. The van der Waals surface area contributed by atoms with Crippen molar-refractivity contribution < 1.29 is 19.1 Å². The van der Waals surface area contributed by atoms with E-state index in [9.17, 15) is 9.59 Å². The Morgan fingerprint density at radius 3 is 2.50 bits per heavy atom. The molecule has 0 spiro atoms. The standard InChI is InChI=1S/C27H31BrN2O4/c1-18(26(32)29-27(2,3)4)30(16-19-9-8-11-21(15-19)33-5)24(31)17-34-23-14-13-20-10-6-7-12-22(20)25(23)28/h6-15,18H,16-17H2,1-5H3,(H,29,32). The lowest BCUT2D eigenvalue weighted by Crippen LogP contribution is -2.53. The van der Waals surface area contributed by atoms with Gasteiger partial charge in [0.1, 0.15) is 17.5 Å². The summed E-state index contributed by atoms with van der Waals surface area (Å²) in [4.78, 5) is 27.8. The fourth-order valence-electron chi connectivity index (χ4n) is 3.57. The normalized spacial score (nSPS) is 12.2. The molecule has 7 heteroatoms. The molecule has 0 bridgehead atoms. The first-order valence-electron chi connectivity index (χ1n) is 11.1. The van der Waals surface area contributed by atoms with Crippen molar-refractivity contribution in [2.45, 2.75) is 45.8 Å². The molecule has 34 heavy (non-hydrogen) atoms. The minimum Gasteiger partial charge on any atom is -0.497 e. The van der Waals surface area contributed by atoms with E-state index in [0.29, 0.717) is 11.5 Å². The Kier molecular flexibility index (Phi) is 8.20. The number of rotatable bonds is 8. The van der Waals surface area contributed by atoms with Gasteiger partial charge in [-0.15, -0.1) is 0 Å². The van der Waals surface area contributed by atoms with Crippen LogP contribution in [0.5, 0.6) is 11.5 Å². The van der Waals surface area contributed by atoms with Crippen molar-refractivity contribution in [2.75, 3.05) is 13.7 Å². The van der Waals surface area contributed by atoms with Crippen LogP contribution in [0.4, 0.5) is 0 Å². The molecule has 3 aromatic rings. The number of carbonyl (C=O) groups is 2. The molecule has 0 radical (unpaired) electrons. The van der Waals surface area contributed by atoms with Crippen molar-refractivity contribution in [1.82, 2.24) is 10.2 Å². The first-order chi connectivity index (χ1) is 16.1. The highest BCUT2D eigenvalue weighted by Gasteiger charge is 2.29. The van der Waals surface area contributed by atoms with Gasteiger partial charge in [0.15, 0.2) is 6.61 Å². The lowest BCUT2D eigenvalue weighted by molar-refractivity contribution is -0.142. The quantitative estimate of drug-likeness (QED) is 0.431. The van der Waals surface area contributed by atoms with Crippen LogP contribution in [0.25, 0.3) is 10.8 Å². The van der Waals surface area contributed by atoms with E-state index in [1.54, 1.807) is 14.0 Å². The second-order valence-electron chi connectivity index (χ2n) is 9.18. The second kappa shape index (κ2) is 10.9. The highest BCUT2D eigenvalue weighted by Crippen LogP contribution is 2.33. The van der Waals surface area contributed by atoms with Crippen LogP contribution >= 0.6 is 15.9 Å². The molecule has 1 atom stereocenters. The summed E-state index contributed by atoms with van der Waals surface area (Å²) in [7, 11) is 1.59. The maximum atomic E-state index is 13.3. The van der Waals surface area contributed by atoms with Gasteiger partial charge in [0, 0.05) is 12.1 Å². The van der Waals surface area contributed by atoms with E-state index in [0.717, 1.165) is 20.8 Å². The van der Waals surface area contributed by atoms with Gasteiger partial charge in [-0.05, 0) is 78.2 Å². The molecular weight excluding hydrogens is 496 g/mol. The molecule has 0 aliphatic heterocycles. The minimum atomic E-state index is -0.693. The van der Waals surface area contributed by atoms with Gasteiger partial charge < -0.3 is 19.7 Å². The average molecular weight is 527 g/mol. The van der Waals surface area contributed by atoms with Crippen LogP contribution in [0.15, 0.2) is 65.1 Å². The number of methoxy groups -OCH3 is 1. The number of hydrogen-bond acceptors (Lipinski definition) is 4. The number of amides is 2. The number of ether oxygens (including phenoxy) is 2. The van der Waals surface area contributed by atoms with Gasteiger partial charge in [-0.2, -0.15) is 0 Å². The summed E-state index contributed by atoms with van der Waals surface area (Å²) < 4.78 is 12.0. The van der Waals surface area contributed by atoms with E-state index in [2.05, 4.69) is 21.2 Å². The van der Waals surface area contributed by atoms with Gasteiger partial charge in [-0.3, -0.25) is 9.59 Å². The monoisotopic (exact) mass is 526 g/mol. The van der Waals surface area contributed by atoms with Gasteiger partial charge in [-0.25, -0.2) is 0 Å². The van der Waals surface area contributed by atoms with Crippen LogP contribution in [-0.4, -0.2) is 42.0 Å². The van der Waals surface area contributed by atoms with E-state index in [1.807, 2.05) is 81.4 Å². The second-order valence-corrected chi connectivity index (χ2v) is 9.97. The molecule has 0 fully saturated rings. The molecule has 3 aromatic carbocycles. The molecule has 0 aliphatic rings. The molecule has 3 rings (SSSR count). The molecule has 1 unspecified atom stereocenters. The summed E-state index contributed by atoms with van der Waals surface area (Å²) in [5.74, 6) is 0.739. The molecule has 6 nitrogen and oxygen atoms in total. The lowest BCUT2D eigenvalue weighted by Gasteiger charge is -2.31. The van der Waals surface area contributed by atoms with Crippen LogP contribution in [0.2, 0.25) is 0 Å². The maximum Gasteiger partial charge on any atom is 0.261 e. The Morgan fingerprint density at radius 1 is 1.06 bits per heavy atom. The largest absolute Gasteiger partial charge is 0.497 e. The highest BCUT2D eigenvalue weighted by atomic mass is 79.9. The predicted molar refractivity (Wildman–Crippen MR) is 138 cm³/mol. The third kappa shape index (κ3) is 6.50. The van der Waals surface area contributed by atoms with E-state index >= 15 is 0 Å². The number of hydrogen-bond donors (Lipinski definition) is 1. The first-order valence-corrected chi connectivity index (χ1v) is 11.9. The first kappa shape index (κ1) is 25.6. The fraction of sp³-hybridized carbons (Fsp3) is 0.333. The third-order valence-corrected chi connectivity index (χ3v) is 6.15. The van der Waals surface area contributed by atoms with Gasteiger partial charge in [-0.1, -0.05) is 42.5 Å². The minimum absolute atomic E-state index is 0.200. The number of nitrogens with one attached hydrogen (secondary N) is 1. The molecule has 0 saturated heterocycles. The van der Waals surface area contributed by atoms with Gasteiger partial charge in [0.05, 0.1) is 11.6 Å². The maximum absolute atomic E-state index is 13.3. The van der Waals surface area contributed by atoms with Gasteiger partial charge >= 0.3 is 0 Å². The fourth-order valence-corrected chi connectivity index (χ4v) is 4.18. The Bertz CT molecular complexity index is 1170. The zero-order valence-electron chi connectivity index (χ0n) is 20.2. The summed E-state index contributed by atoms with van der Waals surface area (Å²) in [5, 5.41) is 5.03. The van der Waals surface area contributed by atoms with Crippen LogP contribution in [0.1, 0.15) is 33.3 Å². The van der Waals surface area contributed by atoms with Crippen LogP contribution < -0.4 is 14.8 Å². The Labute approximate surface area is 209 Å². The van der Waals surface area contributed by atoms with E-state index in [4.69, 9.17) is 9.47 Å².